The topological polar surface area (TPSA) is 107 Å². The van der Waals surface area contributed by atoms with E-state index >= 15 is 0 Å². The Labute approximate surface area is 183 Å². The van der Waals surface area contributed by atoms with E-state index in [2.05, 4.69) is 30.6 Å². The molecule has 0 saturated heterocycles. The van der Waals surface area contributed by atoms with Crippen molar-refractivity contribution in [1.82, 2.24) is 58.1 Å². The molecule has 14 heteroatoms. The van der Waals surface area contributed by atoms with E-state index in [4.69, 9.17) is 0 Å². The molecule has 6 heterocycles. The maximum atomic E-state index is 4.22. The predicted octanol–water partition coefficient (Wildman–Crippen LogP) is 0.411. The molecular formula is C18H18B2N12. The van der Waals surface area contributed by atoms with Crippen LogP contribution in [0.3, 0.4) is 0 Å². The largest absolute Gasteiger partial charge is 0.568 e. The highest BCUT2D eigenvalue weighted by Crippen LogP contribution is 1.98. The molecular weight excluding hydrogens is 406 g/mol. The van der Waals surface area contributed by atoms with Gasteiger partial charge in [-0.05, 0) is 36.4 Å². The molecule has 0 radical (unpaired) electrons. The summed E-state index contributed by atoms with van der Waals surface area (Å²) in [5.41, 5.74) is 0. The molecule has 12 nitrogen and oxygen atoms in total. The van der Waals surface area contributed by atoms with Crippen LogP contribution in [-0.4, -0.2) is 72.4 Å². The van der Waals surface area contributed by atoms with Gasteiger partial charge in [0.15, 0.2) is 0 Å². The van der Waals surface area contributed by atoms with Gasteiger partial charge in [0.05, 0.1) is 0 Å². The third-order valence-electron chi connectivity index (χ3n) is 4.57. The summed E-state index contributed by atoms with van der Waals surface area (Å²) in [5.74, 6) is 0. The van der Waals surface area contributed by atoms with Gasteiger partial charge in [-0.2, -0.15) is 30.6 Å². The van der Waals surface area contributed by atoms with Gasteiger partial charge in [-0.15, -0.1) is 0 Å². The molecule has 0 bridgehead atoms. The number of hydrogen-bond donors (Lipinski definition) is 0. The SMILES string of the molecule is c1cnn(B(n2cccn2)n2cccn2)c1.c1cnn(B(n2cccn2)n2cccn2)c1. The molecule has 0 N–H and O–H groups in total. The Kier molecular flexibility index (Phi) is 5.47. The maximum absolute atomic E-state index is 4.22. The Morgan fingerprint density at radius 2 is 0.500 bits per heavy atom. The first kappa shape index (κ1) is 19.4. The van der Waals surface area contributed by atoms with Crippen LogP contribution in [0.1, 0.15) is 0 Å². The third-order valence-corrected chi connectivity index (χ3v) is 4.57. The van der Waals surface area contributed by atoms with E-state index in [9.17, 15) is 0 Å². The van der Waals surface area contributed by atoms with E-state index in [1.165, 1.54) is 0 Å². The van der Waals surface area contributed by atoms with Crippen molar-refractivity contribution in [3.05, 3.63) is 111 Å². The lowest BCUT2D eigenvalue weighted by Gasteiger charge is -2.12. The van der Waals surface area contributed by atoms with Crippen molar-refractivity contribution in [1.29, 1.82) is 0 Å². The molecule has 0 spiro atoms. The van der Waals surface area contributed by atoms with Gasteiger partial charge in [0.2, 0.25) is 0 Å². The summed E-state index contributed by atoms with van der Waals surface area (Å²) < 4.78 is 10.8. The van der Waals surface area contributed by atoms with E-state index in [0.29, 0.717) is 0 Å². The second-order valence-electron chi connectivity index (χ2n) is 6.61. The van der Waals surface area contributed by atoms with Crippen LogP contribution in [0.2, 0.25) is 0 Å². The van der Waals surface area contributed by atoms with E-state index in [-0.39, 0.29) is 14.2 Å². The molecule has 0 amide bonds. The van der Waals surface area contributed by atoms with Crippen LogP contribution in [0.15, 0.2) is 111 Å². The summed E-state index contributed by atoms with van der Waals surface area (Å²) in [6.45, 7) is 0. The first-order valence-electron chi connectivity index (χ1n) is 9.85. The molecule has 0 unspecified atom stereocenters. The van der Waals surface area contributed by atoms with Crippen molar-refractivity contribution in [2.24, 2.45) is 0 Å². The predicted molar refractivity (Wildman–Crippen MR) is 117 cm³/mol. The third kappa shape index (κ3) is 4.01. The first-order chi connectivity index (χ1) is 15.9. The molecule has 32 heavy (non-hydrogen) atoms. The lowest BCUT2D eigenvalue weighted by atomic mass is 9.96. The molecule has 0 saturated carbocycles. The molecule has 6 aromatic heterocycles. The van der Waals surface area contributed by atoms with Gasteiger partial charge in [-0.3, -0.25) is 27.6 Å². The average molecular weight is 424 g/mol. The fourth-order valence-electron chi connectivity index (χ4n) is 3.23. The molecule has 0 atom stereocenters. The molecule has 6 rings (SSSR count). The summed E-state index contributed by atoms with van der Waals surface area (Å²) in [6, 6.07) is 11.2. The summed E-state index contributed by atoms with van der Waals surface area (Å²) in [4.78, 5) is 0. The van der Waals surface area contributed by atoms with E-state index in [1.807, 2.05) is 73.6 Å². The van der Waals surface area contributed by atoms with Crippen molar-refractivity contribution in [2.75, 3.05) is 0 Å². The van der Waals surface area contributed by atoms with Gasteiger partial charge in [-0.1, -0.05) is 0 Å². The van der Waals surface area contributed by atoms with Crippen LogP contribution in [0.5, 0.6) is 0 Å². The highest BCUT2D eigenvalue weighted by molar-refractivity contribution is 6.53. The van der Waals surface area contributed by atoms with Crippen LogP contribution >= 0.6 is 0 Å². The van der Waals surface area contributed by atoms with Gasteiger partial charge in [-0.25, -0.2) is 0 Å². The normalized spacial score (nSPS) is 10.5. The maximum Gasteiger partial charge on any atom is 0.568 e. The Morgan fingerprint density at radius 3 is 0.625 bits per heavy atom. The second kappa shape index (κ2) is 9.04. The molecule has 0 aliphatic rings. The zero-order valence-corrected chi connectivity index (χ0v) is 16.9. The minimum absolute atomic E-state index is 0.194. The van der Waals surface area contributed by atoms with Crippen LogP contribution in [0, 0.1) is 0 Å². The summed E-state index contributed by atoms with van der Waals surface area (Å²) >= 11 is 0. The van der Waals surface area contributed by atoms with Gasteiger partial charge >= 0.3 is 14.2 Å². The Balaban J connectivity index is 0.000000135. The molecule has 0 aliphatic carbocycles. The van der Waals surface area contributed by atoms with Crippen LogP contribution < -0.4 is 0 Å². The number of hydrogen-bond acceptors (Lipinski definition) is 6. The summed E-state index contributed by atoms with van der Waals surface area (Å²) in [6.07, 6.45) is 21.7. The van der Waals surface area contributed by atoms with Gasteiger partial charge < -0.3 is 0 Å². The van der Waals surface area contributed by atoms with E-state index in [1.54, 1.807) is 64.7 Å². The van der Waals surface area contributed by atoms with E-state index in [0.717, 1.165) is 0 Å². The zero-order chi connectivity index (χ0) is 21.6. The van der Waals surface area contributed by atoms with Crippen LogP contribution in [-0.2, 0) is 0 Å². The van der Waals surface area contributed by atoms with Crippen molar-refractivity contribution in [3.63, 3.8) is 0 Å². The van der Waals surface area contributed by atoms with Gasteiger partial charge in [0, 0.05) is 74.4 Å². The molecule has 0 aliphatic heterocycles. The molecule has 0 fully saturated rings. The number of aromatic nitrogens is 12. The number of nitrogens with zero attached hydrogens (tertiary/aromatic N) is 12. The molecule has 0 aromatic carbocycles. The zero-order valence-electron chi connectivity index (χ0n) is 16.9. The second-order valence-corrected chi connectivity index (χ2v) is 6.61. The van der Waals surface area contributed by atoms with Crippen molar-refractivity contribution < 1.29 is 0 Å². The van der Waals surface area contributed by atoms with Gasteiger partial charge in [0.25, 0.3) is 0 Å². The average Bonchev–Trinajstić information content (AvgIpc) is 3.67. The summed E-state index contributed by atoms with van der Waals surface area (Å²) in [5, 5.41) is 25.3. The molecule has 6 aromatic rings. The quantitative estimate of drug-likeness (QED) is 0.359. The summed E-state index contributed by atoms with van der Waals surface area (Å²) in [7, 11) is -0.389. The van der Waals surface area contributed by atoms with E-state index < -0.39 is 0 Å². The fourth-order valence-corrected chi connectivity index (χ4v) is 3.23. The lowest BCUT2D eigenvalue weighted by molar-refractivity contribution is 0.771. The Morgan fingerprint density at radius 1 is 0.312 bits per heavy atom. The standard InChI is InChI=1S/2C9H9BN6/c2*1-4-11-14(7-1)10(15-8-2-5-12-15)16-9-3-6-13-16/h2*1-9H. The van der Waals surface area contributed by atoms with Crippen molar-refractivity contribution in [2.45, 2.75) is 0 Å². The minimum atomic E-state index is -0.194. The Bertz CT molecular complexity index is 993. The monoisotopic (exact) mass is 424 g/mol. The number of rotatable bonds is 6. The highest BCUT2D eigenvalue weighted by Gasteiger charge is 2.26. The van der Waals surface area contributed by atoms with Gasteiger partial charge in [0.1, 0.15) is 0 Å². The lowest BCUT2D eigenvalue weighted by Crippen LogP contribution is -2.42. The smallest absolute Gasteiger partial charge is 0.269 e. The van der Waals surface area contributed by atoms with Crippen molar-refractivity contribution in [3.8, 4) is 0 Å². The van der Waals surface area contributed by atoms with Crippen LogP contribution in [0.4, 0.5) is 0 Å². The molecule has 156 valence electrons. The minimum Gasteiger partial charge on any atom is -0.269 e. The highest BCUT2D eigenvalue weighted by atomic mass is 15.4. The first-order valence-corrected chi connectivity index (χ1v) is 9.85. The van der Waals surface area contributed by atoms with Crippen molar-refractivity contribution >= 4 is 14.2 Å². The fraction of sp³-hybridized carbons (Fsp3) is 0. The van der Waals surface area contributed by atoms with Crippen LogP contribution in [0.25, 0.3) is 0 Å². The Hall–Kier alpha value is -4.61.